The fourth-order valence-electron chi connectivity index (χ4n) is 2.74. The van der Waals surface area contributed by atoms with E-state index in [1.807, 2.05) is 6.92 Å². The highest BCUT2D eigenvalue weighted by Crippen LogP contribution is 2.34. The minimum absolute atomic E-state index is 0.537. The summed E-state index contributed by atoms with van der Waals surface area (Å²) in [5.41, 5.74) is 3.11. The summed E-state index contributed by atoms with van der Waals surface area (Å²) in [6.07, 6.45) is 6.58. The zero-order chi connectivity index (χ0) is 11.8. The minimum atomic E-state index is 0.537. The van der Waals surface area contributed by atoms with Crippen LogP contribution in [-0.2, 0) is 0 Å². The van der Waals surface area contributed by atoms with Crippen LogP contribution in [0.1, 0.15) is 49.5 Å². The van der Waals surface area contributed by atoms with Crippen molar-refractivity contribution in [3.63, 3.8) is 0 Å². The standard InChI is InChI=1S/C13H16ClN3/c1-8-15-11-7-10(9-5-3-2-4-6-9)17-12(11)13(14)16-8/h7,9,17H,2-6H2,1H3. The van der Waals surface area contributed by atoms with Gasteiger partial charge in [0.15, 0.2) is 5.15 Å². The summed E-state index contributed by atoms with van der Waals surface area (Å²) >= 11 is 6.13. The Morgan fingerprint density at radius 1 is 1.24 bits per heavy atom. The van der Waals surface area contributed by atoms with Gasteiger partial charge in [0.05, 0.1) is 5.52 Å². The van der Waals surface area contributed by atoms with Crippen molar-refractivity contribution < 1.29 is 0 Å². The van der Waals surface area contributed by atoms with E-state index >= 15 is 0 Å². The largest absolute Gasteiger partial charge is 0.354 e. The van der Waals surface area contributed by atoms with Gasteiger partial charge < -0.3 is 4.98 Å². The van der Waals surface area contributed by atoms with Crippen LogP contribution in [0.15, 0.2) is 6.07 Å². The molecular weight excluding hydrogens is 234 g/mol. The third-order valence-corrected chi connectivity index (χ3v) is 3.88. The second-order valence-electron chi connectivity index (χ2n) is 4.88. The summed E-state index contributed by atoms with van der Waals surface area (Å²) in [5.74, 6) is 1.38. The van der Waals surface area contributed by atoms with E-state index in [1.165, 1.54) is 37.8 Å². The third-order valence-electron chi connectivity index (χ3n) is 3.61. The molecule has 90 valence electrons. The van der Waals surface area contributed by atoms with Crippen LogP contribution in [0.25, 0.3) is 11.0 Å². The Labute approximate surface area is 106 Å². The maximum Gasteiger partial charge on any atom is 0.156 e. The molecule has 0 saturated heterocycles. The molecule has 1 saturated carbocycles. The molecule has 0 bridgehead atoms. The summed E-state index contributed by atoms with van der Waals surface area (Å²) in [6.45, 7) is 1.87. The van der Waals surface area contributed by atoms with E-state index in [9.17, 15) is 0 Å². The van der Waals surface area contributed by atoms with Crippen molar-refractivity contribution in [3.05, 3.63) is 22.7 Å². The molecule has 0 aromatic carbocycles. The van der Waals surface area contributed by atoms with Crippen molar-refractivity contribution >= 4 is 22.6 Å². The van der Waals surface area contributed by atoms with E-state index in [1.54, 1.807) is 0 Å². The van der Waals surface area contributed by atoms with Crippen LogP contribution in [0.3, 0.4) is 0 Å². The average molecular weight is 250 g/mol. The molecule has 0 spiro atoms. The van der Waals surface area contributed by atoms with Crippen molar-refractivity contribution in [2.75, 3.05) is 0 Å². The van der Waals surface area contributed by atoms with Crippen LogP contribution < -0.4 is 0 Å². The van der Waals surface area contributed by atoms with Crippen LogP contribution in [0, 0.1) is 6.92 Å². The number of hydrogen-bond acceptors (Lipinski definition) is 2. The van der Waals surface area contributed by atoms with Gasteiger partial charge in [0.1, 0.15) is 11.3 Å². The van der Waals surface area contributed by atoms with Gasteiger partial charge in [0.25, 0.3) is 0 Å². The third kappa shape index (κ3) is 2.04. The van der Waals surface area contributed by atoms with Gasteiger partial charge in [-0.05, 0) is 31.7 Å². The summed E-state index contributed by atoms with van der Waals surface area (Å²) < 4.78 is 0. The number of rotatable bonds is 1. The lowest BCUT2D eigenvalue weighted by Gasteiger charge is -2.20. The number of halogens is 1. The molecule has 0 radical (unpaired) electrons. The van der Waals surface area contributed by atoms with Crippen LogP contribution in [0.5, 0.6) is 0 Å². The topological polar surface area (TPSA) is 41.6 Å². The van der Waals surface area contributed by atoms with Gasteiger partial charge >= 0.3 is 0 Å². The number of aromatic amines is 1. The Bertz CT molecular complexity index is 541. The number of nitrogens with zero attached hydrogens (tertiary/aromatic N) is 2. The maximum absolute atomic E-state index is 6.13. The van der Waals surface area contributed by atoms with E-state index in [-0.39, 0.29) is 0 Å². The average Bonchev–Trinajstić information content (AvgIpc) is 2.74. The van der Waals surface area contributed by atoms with E-state index < -0.39 is 0 Å². The first-order valence-electron chi connectivity index (χ1n) is 6.27. The molecule has 0 amide bonds. The molecule has 2 aromatic heterocycles. The number of fused-ring (bicyclic) bond motifs is 1. The lowest BCUT2D eigenvalue weighted by Crippen LogP contribution is -2.04. The van der Waals surface area contributed by atoms with Crippen LogP contribution in [-0.4, -0.2) is 15.0 Å². The quantitative estimate of drug-likeness (QED) is 0.777. The van der Waals surface area contributed by atoms with Crippen molar-refractivity contribution in [2.45, 2.75) is 44.9 Å². The first kappa shape index (κ1) is 11.0. The Hall–Kier alpha value is -1.09. The predicted molar refractivity (Wildman–Crippen MR) is 69.5 cm³/mol. The van der Waals surface area contributed by atoms with E-state index in [2.05, 4.69) is 21.0 Å². The molecule has 1 aliphatic carbocycles. The van der Waals surface area contributed by atoms with Gasteiger partial charge in [-0.1, -0.05) is 30.9 Å². The predicted octanol–water partition coefficient (Wildman–Crippen LogP) is 3.97. The molecule has 0 unspecified atom stereocenters. The molecule has 1 N–H and O–H groups in total. The zero-order valence-corrected chi connectivity index (χ0v) is 10.7. The maximum atomic E-state index is 6.13. The summed E-state index contributed by atoms with van der Waals surface area (Å²) in [5, 5.41) is 0.537. The zero-order valence-electron chi connectivity index (χ0n) is 9.96. The van der Waals surface area contributed by atoms with E-state index in [0.29, 0.717) is 11.1 Å². The van der Waals surface area contributed by atoms with Crippen LogP contribution in [0.4, 0.5) is 0 Å². The molecular formula is C13H16ClN3. The smallest absolute Gasteiger partial charge is 0.156 e. The molecule has 4 heteroatoms. The Morgan fingerprint density at radius 2 is 2.00 bits per heavy atom. The molecule has 1 fully saturated rings. The van der Waals surface area contributed by atoms with Gasteiger partial charge in [0.2, 0.25) is 0 Å². The first-order valence-corrected chi connectivity index (χ1v) is 6.64. The van der Waals surface area contributed by atoms with Gasteiger partial charge in [-0.25, -0.2) is 9.97 Å². The molecule has 3 rings (SSSR count). The van der Waals surface area contributed by atoms with Gasteiger partial charge in [-0.15, -0.1) is 0 Å². The Kier molecular flexibility index (Phi) is 2.79. The minimum Gasteiger partial charge on any atom is -0.354 e. The summed E-state index contributed by atoms with van der Waals surface area (Å²) in [4.78, 5) is 12.0. The Morgan fingerprint density at radius 3 is 2.76 bits per heavy atom. The number of H-pyrrole nitrogens is 1. The molecule has 17 heavy (non-hydrogen) atoms. The monoisotopic (exact) mass is 249 g/mol. The van der Waals surface area contributed by atoms with E-state index in [0.717, 1.165) is 16.9 Å². The summed E-state index contributed by atoms with van der Waals surface area (Å²) in [6, 6.07) is 2.14. The molecule has 1 aliphatic rings. The van der Waals surface area contributed by atoms with E-state index in [4.69, 9.17) is 11.6 Å². The number of aryl methyl sites for hydroxylation is 1. The number of aromatic nitrogens is 3. The molecule has 2 heterocycles. The highest BCUT2D eigenvalue weighted by atomic mass is 35.5. The highest BCUT2D eigenvalue weighted by molar-refractivity contribution is 6.33. The fraction of sp³-hybridized carbons (Fsp3) is 0.538. The normalized spacial score (nSPS) is 17.8. The van der Waals surface area contributed by atoms with Crippen LogP contribution in [0.2, 0.25) is 5.15 Å². The second-order valence-corrected chi connectivity index (χ2v) is 5.24. The molecule has 3 nitrogen and oxygen atoms in total. The molecule has 2 aromatic rings. The van der Waals surface area contributed by atoms with Crippen molar-refractivity contribution in [3.8, 4) is 0 Å². The lowest BCUT2D eigenvalue weighted by atomic mass is 9.87. The number of nitrogens with one attached hydrogen (secondary N) is 1. The van der Waals surface area contributed by atoms with Crippen molar-refractivity contribution in [1.29, 1.82) is 0 Å². The number of hydrogen-bond donors (Lipinski definition) is 1. The lowest BCUT2D eigenvalue weighted by molar-refractivity contribution is 0.438. The molecule has 0 aliphatic heterocycles. The second kappa shape index (κ2) is 4.30. The molecule has 0 atom stereocenters. The van der Waals surface area contributed by atoms with Gasteiger partial charge in [-0.3, -0.25) is 0 Å². The summed E-state index contributed by atoms with van der Waals surface area (Å²) in [7, 11) is 0. The Balaban J connectivity index is 2.03. The van der Waals surface area contributed by atoms with Crippen LogP contribution >= 0.6 is 11.6 Å². The first-order chi connectivity index (χ1) is 8.24. The highest BCUT2D eigenvalue weighted by Gasteiger charge is 2.18. The van der Waals surface area contributed by atoms with Gasteiger partial charge in [0, 0.05) is 5.69 Å². The fourth-order valence-corrected chi connectivity index (χ4v) is 3.01. The van der Waals surface area contributed by atoms with Crippen molar-refractivity contribution in [1.82, 2.24) is 15.0 Å². The SMILES string of the molecule is Cc1nc(Cl)c2[nH]c(C3CCCCC3)cc2n1. The van der Waals surface area contributed by atoms with Gasteiger partial charge in [-0.2, -0.15) is 0 Å². The van der Waals surface area contributed by atoms with Crippen molar-refractivity contribution in [2.24, 2.45) is 0 Å².